The van der Waals surface area contributed by atoms with Gasteiger partial charge in [-0.05, 0) is 29.8 Å². The quantitative estimate of drug-likeness (QED) is 0.214. The van der Waals surface area contributed by atoms with Gasteiger partial charge in [0.05, 0.1) is 10.7 Å². The van der Waals surface area contributed by atoms with Crippen LogP contribution in [0, 0.1) is 10.1 Å². The Labute approximate surface area is 185 Å². The van der Waals surface area contributed by atoms with Gasteiger partial charge in [-0.25, -0.2) is 0 Å². The van der Waals surface area contributed by atoms with E-state index in [1.807, 2.05) is 12.1 Å². The third kappa shape index (κ3) is 5.13. The zero-order valence-electron chi connectivity index (χ0n) is 16.4. The van der Waals surface area contributed by atoms with Crippen LogP contribution in [0.4, 0.5) is 5.69 Å². The molecule has 0 amide bonds. The number of aromatic nitrogens is 3. The minimum Gasteiger partial charge on any atom is -0.489 e. The highest BCUT2D eigenvalue weighted by molar-refractivity contribution is 7.99. The predicted molar refractivity (Wildman–Crippen MR) is 115 cm³/mol. The summed E-state index contributed by atoms with van der Waals surface area (Å²) in [5, 5.41) is 26.7. The van der Waals surface area contributed by atoms with Crippen molar-refractivity contribution >= 4 is 23.4 Å². The van der Waals surface area contributed by atoms with Crippen molar-refractivity contribution in [1.82, 2.24) is 15.2 Å². The van der Waals surface area contributed by atoms with Gasteiger partial charge in [0.1, 0.15) is 18.1 Å². The summed E-state index contributed by atoms with van der Waals surface area (Å²) in [6.07, 6.45) is 0. The molecule has 4 aromatic rings. The van der Waals surface area contributed by atoms with Crippen molar-refractivity contribution in [2.45, 2.75) is 11.8 Å². The van der Waals surface area contributed by atoms with Gasteiger partial charge in [-0.1, -0.05) is 36.0 Å². The van der Waals surface area contributed by atoms with Crippen LogP contribution in [0.2, 0.25) is 0 Å². The van der Waals surface area contributed by atoms with Crippen LogP contribution in [0.25, 0.3) is 22.9 Å². The minimum absolute atomic E-state index is 0.0138. The van der Waals surface area contributed by atoms with E-state index in [9.17, 15) is 14.9 Å². The molecule has 0 aliphatic heterocycles. The van der Waals surface area contributed by atoms with Crippen molar-refractivity contribution in [3.63, 3.8) is 0 Å². The molecular formula is C21H16N4O6S. The van der Waals surface area contributed by atoms with Crippen molar-refractivity contribution in [2.24, 2.45) is 0 Å². The number of benzene rings is 2. The number of thioether (sulfide) groups is 1. The highest BCUT2D eigenvalue weighted by Gasteiger charge is 2.13. The molecule has 0 fully saturated rings. The summed E-state index contributed by atoms with van der Waals surface area (Å²) in [5.74, 6) is 0.925. The van der Waals surface area contributed by atoms with E-state index in [0.717, 1.165) is 17.3 Å². The number of nitrogens with one attached hydrogen (secondary N) is 1. The van der Waals surface area contributed by atoms with E-state index >= 15 is 0 Å². The first-order valence-electron chi connectivity index (χ1n) is 9.32. The fraction of sp³-hybridized carbons (Fsp3) is 0.0952. The molecule has 2 heterocycles. The molecular weight excluding hydrogens is 436 g/mol. The number of carbonyl (C=O) groups is 1. The first kappa shape index (κ1) is 21.1. The first-order chi connectivity index (χ1) is 15.5. The summed E-state index contributed by atoms with van der Waals surface area (Å²) >= 11 is 1.01. The Morgan fingerprint density at radius 3 is 2.78 bits per heavy atom. The number of ether oxygens (including phenoxy) is 1. The van der Waals surface area contributed by atoms with Crippen LogP contribution >= 0.6 is 11.8 Å². The fourth-order valence-electron chi connectivity index (χ4n) is 2.83. The van der Waals surface area contributed by atoms with Crippen molar-refractivity contribution in [3.8, 4) is 28.7 Å². The van der Waals surface area contributed by atoms with Crippen LogP contribution < -0.4 is 4.74 Å². The Kier molecular flexibility index (Phi) is 6.17. The second-order valence-corrected chi connectivity index (χ2v) is 7.50. The van der Waals surface area contributed by atoms with Gasteiger partial charge in [-0.15, -0.1) is 5.10 Å². The van der Waals surface area contributed by atoms with Crippen LogP contribution in [-0.4, -0.2) is 36.9 Å². The highest BCUT2D eigenvalue weighted by atomic mass is 32.2. The Balaban J connectivity index is 1.45. The molecule has 162 valence electrons. The maximum Gasteiger partial charge on any atom is 0.313 e. The van der Waals surface area contributed by atoms with Crippen molar-refractivity contribution < 1.29 is 24.0 Å². The van der Waals surface area contributed by atoms with E-state index in [1.165, 1.54) is 12.1 Å². The maximum atomic E-state index is 10.9. The second kappa shape index (κ2) is 9.35. The van der Waals surface area contributed by atoms with Gasteiger partial charge in [-0.2, -0.15) is 4.98 Å². The van der Waals surface area contributed by atoms with Crippen LogP contribution in [-0.2, 0) is 11.4 Å². The average molecular weight is 452 g/mol. The molecule has 32 heavy (non-hydrogen) atoms. The van der Waals surface area contributed by atoms with Gasteiger partial charge in [0.2, 0.25) is 5.16 Å². The Hall–Kier alpha value is -4.12. The smallest absolute Gasteiger partial charge is 0.313 e. The molecule has 11 heteroatoms. The number of aliphatic carboxylic acids is 1. The molecule has 0 aliphatic rings. The van der Waals surface area contributed by atoms with Crippen LogP contribution in [0.1, 0.15) is 5.56 Å². The van der Waals surface area contributed by atoms with Crippen molar-refractivity contribution in [2.75, 3.05) is 5.75 Å². The number of rotatable bonds is 9. The van der Waals surface area contributed by atoms with Gasteiger partial charge in [0, 0.05) is 17.7 Å². The monoisotopic (exact) mass is 452 g/mol. The number of nitro benzene ring substituents is 1. The molecule has 10 nitrogen and oxygen atoms in total. The summed E-state index contributed by atoms with van der Waals surface area (Å²) in [4.78, 5) is 25.4. The van der Waals surface area contributed by atoms with Crippen LogP contribution in [0.3, 0.4) is 0 Å². The molecule has 2 aromatic heterocycles. The number of aromatic amines is 1. The molecule has 0 spiro atoms. The lowest BCUT2D eigenvalue weighted by atomic mass is 10.1. The molecule has 0 radical (unpaired) electrons. The maximum absolute atomic E-state index is 10.9. The minimum atomic E-state index is -0.950. The molecule has 2 N–H and O–H groups in total. The molecule has 4 rings (SSSR count). The number of H-pyrrole nitrogens is 1. The van der Waals surface area contributed by atoms with E-state index in [2.05, 4.69) is 15.2 Å². The van der Waals surface area contributed by atoms with E-state index in [-0.39, 0.29) is 18.0 Å². The third-order valence-electron chi connectivity index (χ3n) is 4.27. The largest absolute Gasteiger partial charge is 0.489 e. The summed E-state index contributed by atoms with van der Waals surface area (Å²) < 4.78 is 11.7. The van der Waals surface area contributed by atoms with E-state index < -0.39 is 10.9 Å². The zero-order chi connectivity index (χ0) is 22.5. The molecule has 2 aromatic carbocycles. The second-order valence-electron chi connectivity index (χ2n) is 6.56. The SMILES string of the molecule is O=C(O)CSc1n[nH]c(-c2ccc(-c3cccc(OCc4cccc([N+](=O)[O-])c4)c3)o2)n1. The lowest BCUT2D eigenvalue weighted by molar-refractivity contribution is -0.384. The number of nitro groups is 1. The summed E-state index contributed by atoms with van der Waals surface area (Å²) in [6.45, 7) is 0.184. The highest BCUT2D eigenvalue weighted by Crippen LogP contribution is 2.30. The third-order valence-corrected chi connectivity index (χ3v) is 5.11. The molecule has 0 bridgehead atoms. The number of non-ortho nitro benzene ring substituents is 1. The van der Waals surface area contributed by atoms with Gasteiger partial charge in [-0.3, -0.25) is 20.0 Å². The van der Waals surface area contributed by atoms with Crippen molar-refractivity contribution in [3.05, 3.63) is 76.3 Å². The fourth-order valence-corrected chi connectivity index (χ4v) is 3.35. The first-order valence-corrected chi connectivity index (χ1v) is 10.3. The number of hydrogen-bond donors (Lipinski definition) is 2. The lowest BCUT2D eigenvalue weighted by Gasteiger charge is -2.07. The zero-order valence-corrected chi connectivity index (χ0v) is 17.2. The molecule has 0 saturated carbocycles. The van der Waals surface area contributed by atoms with E-state index in [1.54, 1.807) is 36.4 Å². The van der Waals surface area contributed by atoms with E-state index in [4.69, 9.17) is 14.3 Å². The van der Waals surface area contributed by atoms with Gasteiger partial charge < -0.3 is 14.3 Å². The average Bonchev–Trinajstić information content (AvgIpc) is 3.46. The number of nitrogens with zero attached hydrogens (tertiary/aromatic N) is 3. The predicted octanol–water partition coefficient (Wildman–Crippen LogP) is 4.40. The topological polar surface area (TPSA) is 144 Å². The van der Waals surface area contributed by atoms with Crippen LogP contribution in [0.5, 0.6) is 5.75 Å². The molecule has 0 atom stereocenters. The number of hydrogen-bond acceptors (Lipinski definition) is 8. The van der Waals surface area contributed by atoms with Crippen molar-refractivity contribution in [1.29, 1.82) is 0 Å². The summed E-state index contributed by atoms with van der Waals surface area (Å²) in [7, 11) is 0. The standard InChI is InChI=1S/C21H16N4O6S/c26-19(27)12-32-21-22-20(23-24-21)18-8-7-17(31-18)14-4-2-6-16(10-14)30-11-13-3-1-5-15(9-13)25(28)29/h1-10H,11-12H2,(H,26,27)(H,22,23,24). The Morgan fingerprint density at radius 1 is 1.16 bits per heavy atom. The lowest BCUT2D eigenvalue weighted by Crippen LogP contribution is -1.97. The Bertz CT molecular complexity index is 1270. The molecule has 0 aliphatic carbocycles. The molecule has 0 saturated heterocycles. The van der Waals surface area contributed by atoms with Gasteiger partial charge in [0.15, 0.2) is 11.6 Å². The van der Waals surface area contributed by atoms with Gasteiger partial charge >= 0.3 is 5.97 Å². The summed E-state index contributed by atoms with van der Waals surface area (Å²) in [5.41, 5.74) is 1.47. The summed E-state index contributed by atoms with van der Waals surface area (Å²) in [6, 6.07) is 17.1. The van der Waals surface area contributed by atoms with E-state index in [0.29, 0.717) is 33.8 Å². The number of furan rings is 1. The number of carboxylic acid groups (broad SMARTS) is 1. The normalized spacial score (nSPS) is 10.8. The molecule has 0 unspecified atom stereocenters. The number of carboxylic acids is 1. The van der Waals surface area contributed by atoms with Gasteiger partial charge in [0.25, 0.3) is 5.69 Å². The van der Waals surface area contributed by atoms with Crippen LogP contribution in [0.15, 0.2) is 70.2 Å². The Morgan fingerprint density at radius 2 is 1.97 bits per heavy atom.